The lowest BCUT2D eigenvalue weighted by molar-refractivity contribution is -0.132. The van der Waals surface area contributed by atoms with E-state index in [1.165, 1.54) is 270 Å². The van der Waals surface area contributed by atoms with Gasteiger partial charge in [0.15, 0.2) is 0 Å². The second-order valence-electron chi connectivity index (χ2n) is 22.1. The molecule has 0 spiro atoms. The molecule has 0 saturated carbocycles. The molecule has 5 N–H and O–H groups in total. The Kier molecular flexibility index (Phi) is 58.2. The van der Waals surface area contributed by atoms with Crippen LogP contribution in [-0.4, -0.2) is 57.3 Å². The van der Waals surface area contributed by atoms with Crippen LogP contribution in [0.15, 0.2) is 36.5 Å². The molecule has 0 radical (unpaired) electrons. The summed E-state index contributed by atoms with van der Waals surface area (Å²) in [4.78, 5) is 12.6. The zero-order valence-electron chi connectivity index (χ0n) is 47.7. The van der Waals surface area contributed by atoms with E-state index < -0.39 is 36.9 Å². The number of amides is 1. The number of hydrogen-bond acceptors (Lipinski definition) is 5. The van der Waals surface area contributed by atoms with E-state index in [1.807, 2.05) is 0 Å². The lowest BCUT2D eigenvalue weighted by Gasteiger charge is -2.27. The average Bonchev–Trinajstić information content (AvgIpc) is 3.38. The van der Waals surface area contributed by atoms with Crippen LogP contribution in [0.5, 0.6) is 0 Å². The summed E-state index contributed by atoms with van der Waals surface area (Å²) < 4.78 is 0. The largest absolute Gasteiger partial charge is 0.394 e. The first-order valence-electron chi connectivity index (χ1n) is 31.9. The van der Waals surface area contributed by atoms with Gasteiger partial charge in [0.25, 0.3) is 0 Å². The molecule has 0 aromatic rings. The van der Waals surface area contributed by atoms with Crippen molar-refractivity contribution < 1.29 is 25.2 Å². The van der Waals surface area contributed by atoms with Gasteiger partial charge in [-0.05, 0) is 70.6 Å². The van der Waals surface area contributed by atoms with Crippen LogP contribution >= 0.6 is 0 Å². The number of aliphatic hydroxyl groups is 4. The van der Waals surface area contributed by atoms with E-state index in [-0.39, 0.29) is 0 Å². The summed E-state index contributed by atoms with van der Waals surface area (Å²) in [6, 6.07) is -1.00. The van der Waals surface area contributed by atoms with Crippen LogP contribution in [0.1, 0.15) is 341 Å². The summed E-state index contributed by atoms with van der Waals surface area (Å²) >= 11 is 0. The van der Waals surface area contributed by atoms with Crippen molar-refractivity contribution >= 4 is 5.91 Å². The van der Waals surface area contributed by atoms with Crippen LogP contribution in [0, 0.1) is 0 Å². The number of rotatable bonds is 59. The van der Waals surface area contributed by atoms with Crippen LogP contribution in [0.4, 0.5) is 0 Å². The maximum atomic E-state index is 12.6. The molecule has 6 nitrogen and oxygen atoms in total. The molecule has 0 aliphatic rings. The van der Waals surface area contributed by atoms with Crippen molar-refractivity contribution in [1.82, 2.24) is 5.32 Å². The second-order valence-corrected chi connectivity index (χ2v) is 22.1. The van der Waals surface area contributed by atoms with Crippen molar-refractivity contribution in [3.8, 4) is 0 Å². The van der Waals surface area contributed by atoms with E-state index in [0.717, 1.165) is 44.9 Å². The maximum absolute atomic E-state index is 12.6. The quantitative estimate of drug-likeness (QED) is 0.0308. The molecule has 0 aromatic heterocycles. The van der Waals surface area contributed by atoms with Gasteiger partial charge in [-0.1, -0.05) is 307 Å². The van der Waals surface area contributed by atoms with Gasteiger partial charge < -0.3 is 25.7 Å². The highest BCUT2D eigenvalue weighted by Crippen LogP contribution is 2.18. The standard InChI is InChI=1S/C65H125NO5/c1-3-5-7-9-11-13-15-17-19-21-23-25-26-27-28-29-30-31-32-33-34-35-36-37-39-41-43-45-47-49-51-53-55-57-59-63(69)65(71)66-61(60-67)64(70)62(68)58-56-54-52-50-48-46-44-42-40-38-24-22-20-18-16-14-12-10-8-6-4-2/h26-27,29-30,50,52,61-64,67-70H,3-25,28,31-49,51,53-60H2,1-2H3,(H,66,71)/b27-26-,30-29-,52-50+. The smallest absolute Gasteiger partial charge is 0.249 e. The van der Waals surface area contributed by atoms with Crippen LogP contribution < -0.4 is 5.32 Å². The minimum atomic E-state index is -1.28. The van der Waals surface area contributed by atoms with Crippen LogP contribution in [-0.2, 0) is 4.79 Å². The van der Waals surface area contributed by atoms with E-state index in [1.54, 1.807) is 0 Å². The van der Waals surface area contributed by atoms with Gasteiger partial charge in [-0.15, -0.1) is 0 Å². The van der Waals surface area contributed by atoms with Gasteiger partial charge in [-0.3, -0.25) is 4.79 Å². The van der Waals surface area contributed by atoms with Crippen molar-refractivity contribution in [2.75, 3.05) is 6.61 Å². The van der Waals surface area contributed by atoms with Crippen molar-refractivity contribution in [2.24, 2.45) is 0 Å². The number of allylic oxidation sites excluding steroid dienone is 6. The van der Waals surface area contributed by atoms with Crippen LogP contribution in [0.25, 0.3) is 0 Å². The number of aliphatic hydroxyl groups excluding tert-OH is 4. The molecule has 6 heteroatoms. The molecule has 0 aromatic carbocycles. The second kappa shape index (κ2) is 59.4. The van der Waals surface area contributed by atoms with E-state index in [0.29, 0.717) is 12.8 Å². The zero-order chi connectivity index (χ0) is 51.6. The monoisotopic (exact) mass is 1000 g/mol. The lowest BCUT2D eigenvalue weighted by Crippen LogP contribution is -2.53. The summed E-state index contributed by atoms with van der Waals surface area (Å²) in [5.41, 5.74) is 0. The molecule has 0 rings (SSSR count). The van der Waals surface area contributed by atoms with Crippen molar-refractivity contribution in [3.63, 3.8) is 0 Å². The van der Waals surface area contributed by atoms with E-state index in [4.69, 9.17) is 0 Å². The fraction of sp³-hybridized carbons (Fsp3) is 0.892. The van der Waals surface area contributed by atoms with E-state index in [2.05, 4.69) is 55.6 Å². The van der Waals surface area contributed by atoms with Crippen LogP contribution in [0.3, 0.4) is 0 Å². The number of hydrogen-bond donors (Lipinski definition) is 5. The fourth-order valence-corrected chi connectivity index (χ4v) is 10.1. The molecule has 0 aliphatic carbocycles. The van der Waals surface area contributed by atoms with Gasteiger partial charge in [0.05, 0.1) is 18.8 Å². The SMILES string of the molecule is CCCCCCCCCCCCC/C=C\C/C=C\CCCCCCCCCCCCCCCCCCC(O)C(=O)NC(CO)C(O)C(O)CCC/C=C/CCCCCCCCCCCCCCCCCC. The van der Waals surface area contributed by atoms with Gasteiger partial charge in [-0.25, -0.2) is 0 Å². The number of nitrogens with one attached hydrogen (secondary N) is 1. The predicted molar refractivity (Wildman–Crippen MR) is 311 cm³/mol. The molecule has 4 unspecified atom stereocenters. The first-order valence-corrected chi connectivity index (χ1v) is 31.9. The number of carbonyl (C=O) groups is 1. The third-order valence-corrected chi connectivity index (χ3v) is 15.1. The highest BCUT2D eigenvalue weighted by atomic mass is 16.3. The van der Waals surface area contributed by atoms with Gasteiger partial charge in [0.2, 0.25) is 5.91 Å². The Bertz CT molecular complexity index is 1120. The minimum Gasteiger partial charge on any atom is -0.394 e. The average molecular weight is 1000 g/mol. The Labute approximate surface area is 443 Å². The van der Waals surface area contributed by atoms with Crippen molar-refractivity contribution in [1.29, 1.82) is 0 Å². The molecule has 0 bridgehead atoms. The number of carbonyl (C=O) groups excluding carboxylic acids is 1. The summed E-state index contributed by atoms with van der Waals surface area (Å²) in [7, 11) is 0. The number of unbranched alkanes of at least 4 members (excludes halogenated alkanes) is 44. The molecular weight excluding hydrogens is 875 g/mol. The molecule has 0 fully saturated rings. The van der Waals surface area contributed by atoms with Gasteiger partial charge >= 0.3 is 0 Å². The molecule has 71 heavy (non-hydrogen) atoms. The fourth-order valence-electron chi connectivity index (χ4n) is 10.1. The Morgan fingerprint density at radius 3 is 0.930 bits per heavy atom. The maximum Gasteiger partial charge on any atom is 0.249 e. The summed E-state index contributed by atoms with van der Waals surface area (Å²) in [6.45, 7) is 4.08. The van der Waals surface area contributed by atoms with Crippen molar-refractivity contribution in [3.05, 3.63) is 36.5 Å². The Morgan fingerprint density at radius 1 is 0.352 bits per heavy atom. The Balaban J connectivity index is 3.59. The van der Waals surface area contributed by atoms with Crippen molar-refractivity contribution in [2.45, 2.75) is 366 Å². The third kappa shape index (κ3) is 53.2. The molecule has 420 valence electrons. The molecule has 4 atom stereocenters. The normalized spacial score (nSPS) is 13.8. The Morgan fingerprint density at radius 2 is 0.620 bits per heavy atom. The topological polar surface area (TPSA) is 110 Å². The highest BCUT2D eigenvalue weighted by molar-refractivity contribution is 5.80. The summed E-state index contributed by atoms with van der Waals surface area (Å²) in [5, 5.41) is 44.1. The molecule has 1 amide bonds. The summed E-state index contributed by atoms with van der Waals surface area (Å²) in [6.07, 6.45) is 75.3. The van der Waals surface area contributed by atoms with Gasteiger partial charge in [0.1, 0.15) is 12.2 Å². The summed E-state index contributed by atoms with van der Waals surface area (Å²) in [5.74, 6) is -0.589. The first-order chi connectivity index (χ1) is 35.0. The predicted octanol–water partition coefficient (Wildman–Crippen LogP) is 19.1. The lowest BCUT2D eigenvalue weighted by atomic mass is 10.00. The Hall–Kier alpha value is -1.47. The first kappa shape index (κ1) is 69.5. The van der Waals surface area contributed by atoms with E-state index >= 15 is 0 Å². The van der Waals surface area contributed by atoms with Crippen LogP contribution in [0.2, 0.25) is 0 Å². The van der Waals surface area contributed by atoms with Gasteiger partial charge in [-0.2, -0.15) is 0 Å². The molecular formula is C65H125NO5. The third-order valence-electron chi connectivity index (χ3n) is 15.1. The molecule has 0 aliphatic heterocycles. The zero-order valence-corrected chi connectivity index (χ0v) is 47.7. The van der Waals surface area contributed by atoms with Gasteiger partial charge in [0, 0.05) is 0 Å². The van der Waals surface area contributed by atoms with E-state index in [9.17, 15) is 25.2 Å². The highest BCUT2D eigenvalue weighted by Gasteiger charge is 2.28. The minimum absolute atomic E-state index is 0.364. The molecule has 0 saturated heterocycles. The molecule has 0 heterocycles.